The largest absolute Gasteiger partial charge is 0.456 e. The van der Waals surface area contributed by atoms with Crippen molar-refractivity contribution < 1.29 is 8.83 Å². The predicted molar refractivity (Wildman–Crippen MR) is 220 cm³/mol. The first kappa shape index (κ1) is 27.8. The summed E-state index contributed by atoms with van der Waals surface area (Å²) < 4.78 is 14.8. The Hall–Kier alpha value is -6.84. The summed E-state index contributed by atoms with van der Waals surface area (Å²) in [5, 5.41) is 11.1. The Balaban J connectivity index is 0.974. The van der Waals surface area contributed by atoms with Gasteiger partial charge in [0, 0.05) is 43.6 Å². The van der Waals surface area contributed by atoms with Gasteiger partial charge in [0.2, 0.25) is 0 Å². The fourth-order valence-corrected chi connectivity index (χ4v) is 9.49. The van der Waals surface area contributed by atoms with E-state index in [2.05, 4.69) is 138 Å². The van der Waals surface area contributed by atoms with Gasteiger partial charge in [-0.2, -0.15) is 0 Å². The Bertz CT molecular complexity index is 3490. The van der Waals surface area contributed by atoms with Gasteiger partial charge < -0.3 is 13.2 Å². The first-order chi connectivity index (χ1) is 26.2. The lowest BCUT2D eigenvalue weighted by Crippen LogP contribution is -2.12. The van der Waals surface area contributed by atoms with Crippen molar-refractivity contribution in [3.05, 3.63) is 174 Å². The quantitative estimate of drug-likeness (QED) is 0.183. The van der Waals surface area contributed by atoms with Crippen molar-refractivity contribution in [3.63, 3.8) is 0 Å². The zero-order valence-corrected chi connectivity index (χ0v) is 28.6. The Morgan fingerprint density at radius 1 is 0.491 bits per heavy atom. The maximum absolute atomic E-state index is 6.13. The Labute approximate surface area is 303 Å². The molecule has 0 aliphatic heterocycles. The van der Waals surface area contributed by atoms with E-state index in [-0.39, 0.29) is 0 Å². The van der Waals surface area contributed by atoms with Crippen molar-refractivity contribution in [1.29, 1.82) is 0 Å². The van der Waals surface area contributed by atoms with E-state index in [9.17, 15) is 0 Å². The van der Waals surface area contributed by atoms with Gasteiger partial charge in [-0.3, -0.25) is 0 Å². The Kier molecular flexibility index (Phi) is 5.22. The van der Waals surface area contributed by atoms with Gasteiger partial charge in [-0.1, -0.05) is 97.1 Å². The van der Waals surface area contributed by atoms with Crippen molar-refractivity contribution in [1.82, 2.24) is 4.40 Å². The first-order valence-corrected chi connectivity index (χ1v) is 18.4. The van der Waals surface area contributed by atoms with Crippen LogP contribution in [0.15, 0.2) is 166 Å². The summed E-state index contributed by atoms with van der Waals surface area (Å²) >= 11 is 0. The molecule has 53 heavy (non-hydrogen) atoms. The van der Waals surface area contributed by atoms with Crippen LogP contribution >= 0.6 is 0 Å². The van der Waals surface area contributed by atoms with E-state index in [1.807, 2.05) is 24.3 Å². The third kappa shape index (κ3) is 3.78. The number of fused-ring (bicyclic) bond motifs is 14. The van der Waals surface area contributed by atoms with Gasteiger partial charge in [-0.15, -0.1) is 0 Å². The second-order valence-electron chi connectivity index (χ2n) is 14.9. The highest BCUT2D eigenvalue weighted by Crippen LogP contribution is 2.45. The van der Waals surface area contributed by atoms with E-state index in [1.165, 1.54) is 77.1 Å². The van der Waals surface area contributed by atoms with E-state index in [1.54, 1.807) is 0 Å². The molecule has 4 aromatic heterocycles. The molecular weight excluding hydrogens is 647 g/mol. The molecule has 3 nitrogen and oxygen atoms in total. The number of rotatable bonds is 2. The van der Waals surface area contributed by atoms with Gasteiger partial charge in [0.25, 0.3) is 0 Å². The molecule has 0 amide bonds. The number of allylic oxidation sites excluding steroid dienone is 5. The molecule has 2 aliphatic rings. The minimum absolute atomic E-state index is 0.357. The van der Waals surface area contributed by atoms with Gasteiger partial charge in [-0.05, 0) is 111 Å². The minimum atomic E-state index is 0.357. The SMILES string of the molecule is C1=CC2Cc3c(n4c5cc6cc(-c7ccc8oc9ccccc9c8c7)ccc6cc5c5cccc3c54)C=C2C=C1c1ccc2oc3ccccc3c2c1. The molecule has 0 saturated carbocycles. The van der Waals surface area contributed by atoms with Gasteiger partial charge in [0.15, 0.2) is 0 Å². The van der Waals surface area contributed by atoms with Crippen LogP contribution in [0.4, 0.5) is 0 Å². The molecule has 246 valence electrons. The van der Waals surface area contributed by atoms with Crippen LogP contribution in [0.5, 0.6) is 0 Å². The monoisotopic (exact) mass is 675 g/mol. The van der Waals surface area contributed by atoms with Crippen molar-refractivity contribution in [2.45, 2.75) is 6.42 Å². The molecule has 0 saturated heterocycles. The molecule has 0 fully saturated rings. The number of aromatic nitrogens is 1. The van der Waals surface area contributed by atoms with Crippen LogP contribution in [0.25, 0.3) is 105 Å². The Morgan fingerprint density at radius 3 is 1.96 bits per heavy atom. The summed E-state index contributed by atoms with van der Waals surface area (Å²) in [7, 11) is 0. The summed E-state index contributed by atoms with van der Waals surface area (Å²) in [6.07, 6.45) is 10.6. The number of hydrogen-bond donors (Lipinski definition) is 0. The molecule has 11 aromatic rings. The molecule has 1 atom stereocenters. The van der Waals surface area contributed by atoms with Gasteiger partial charge >= 0.3 is 0 Å². The van der Waals surface area contributed by atoms with E-state index < -0.39 is 0 Å². The molecule has 2 aliphatic carbocycles. The summed E-state index contributed by atoms with van der Waals surface area (Å²) in [5.74, 6) is 0.357. The van der Waals surface area contributed by atoms with Gasteiger partial charge in [0.05, 0.1) is 16.7 Å². The summed E-state index contributed by atoms with van der Waals surface area (Å²) in [6.45, 7) is 0. The number of nitrogens with zero attached hydrogens (tertiary/aromatic N) is 1. The molecule has 13 rings (SSSR count). The third-order valence-corrected chi connectivity index (χ3v) is 12.0. The topological polar surface area (TPSA) is 30.7 Å². The molecule has 3 heteroatoms. The van der Waals surface area contributed by atoms with Crippen LogP contribution in [-0.2, 0) is 6.42 Å². The number of para-hydroxylation sites is 3. The maximum atomic E-state index is 6.13. The number of furan rings is 2. The zero-order chi connectivity index (χ0) is 34.4. The highest BCUT2D eigenvalue weighted by molar-refractivity contribution is 6.19. The normalized spacial score (nSPS) is 15.8. The zero-order valence-electron chi connectivity index (χ0n) is 28.6. The van der Waals surface area contributed by atoms with Crippen molar-refractivity contribution in [2.24, 2.45) is 5.92 Å². The van der Waals surface area contributed by atoms with Crippen molar-refractivity contribution >= 4 is 93.5 Å². The predicted octanol–water partition coefficient (Wildman–Crippen LogP) is 13.5. The van der Waals surface area contributed by atoms with Gasteiger partial charge in [0.1, 0.15) is 22.3 Å². The van der Waals surface area contributed by atoms with Crippen LogP contribution in [0.1, 0.15) is 16.8 Å². The summed E-state index contributed by atoms with van der Waals surface area (Å²) in [6, 6.07) is 48.3. The average Bonchev–Trinajstić information content (AvgIpc) is 3.95. The highest BCUT2D eigenvalue weighted by atomic mass is 16.3. The second-order valence-corrected chi connectivity index (χ2v) is 14.9. The van der Waals surface area contributed by atoms with Gasteiger partial charge in [-0.25, -0.2) is 0 Å². The fraction of sp³-hybridized carbons (Fsp3) is 0.0400. The number of hydrogen-bond acceptors (Lipinski definition) is 2. The van der Waals surface area contributed by atoms with Crippen LogP contribution < -0.4 is 0 Å². The molecule has 0 spiro atoms. The molecule has 0 bridgehead atoms. The van der Waals surface area contributed by atoms with Crippen LogP contribution in [0, 0.1) is 5.92 Å². The standard InChI is InChI=1S/C50H29NO2/c1-3-10-46-36(6-1)42-24-30(16-18-48(42)52-46)28-12-14-32-22-40-38-8-5-9-39-41-23-33-15-13-29(31-17-19-49-43(25-31)37-7-2-4-11-47(37)53-49)21-35(33)27-45(41)51(50(38)39)44(40)26-34(32)20-28/h1-22,24-27,33H,23H2. The number of benzene rings is 7. The Morgan fingerprint density at radius 2 is 1.15 bits per heavy atom. The van der Waals surface area contributed by atoms with Crippen LogP contribution in [0.2, 0.25) is 0 Å². The summed E-state index contributed by atoms with van der Waals surface area (Å²) in [4.78, 5) is 0. The average molecular weight is 676 g/mol. The molecule has 1 unspecified atom stereocenters. The van der Waals surface area contributed by atoms with E-state index in [0.29, 0.717) is 5.92 Å². The minimum Gasteiger partial charge on any atom is -0.456 e. The highest BCUT2D eigenvalue weighted by Gasteiger charge is 2.28. The van der Waals surface area contributed by atoms with E-state index >= 15 is 0 Å². The molecule has 0 radical (unpaired) electrons. The molecule has 0 N–H and O–H groups in total. The van der Waals surface area contributed by atoms with Crippen molar-refractivity contribution in [2.75, 3.05) is 0 Å². The fourth-order valence-electron chi connectivity index (χ4n) is 9.49. The third-order valence-electron chi connectivity index (χ3n) is 12.0. The smallest absolute Gasteiger partial charge is 0.135 e. The second kappa shape index (κ2) is 9.93. The maximum Gasteiger partial charge on any atom is 0.135 e. The van der Waals surface area contributed by atoms with Crippen molar-refractivity contribution in [3.8, 4) is 11.1 Å². The summed E-state index contributed by atoms with van der Waals surface area (Å²) in [5.41, 5.74) is 15.3. The lowest BCUT2D eigenvalue weighted by atomic mass is 9.80. The van der Waals surface area contributed by atoms with Crippen LogP contribution in [0.3, 0.4) is 0 Å². The lowest BCUT2D eigenvalue weighted by molar-refractivity contribution is 0.668. The molecule has 4 heterocycles. The van der Waals surface area contributed by atoms with E-state index in [4.69, 9.17) is 8.83 Å². The molecular formula is C50H29NO2. The lowest BCUT2D eigenvalue weighted by Gasteiger charge is -2.24. The van der Waals surface area contributed by atoms with Crippen LogP contribution in [-0.4, -0.2) is 4.40 Å². The van der Waals surface area contributed by atoms with E-state index in [0.717, 1.165) is 50.3 Å². The molecule has 7 aromatic carbocycles. The first-order valence-electron chi connectivity index (χ1n) is 18.4.